The minimum absolute atomic E-state index is 0.179. The summed E-state index contributed by atoms with van der Waals surface area (Å²) in [6, 6.07) is 2.18. The Balaban J connectivity index is 1.72. The number of nitrogens with one attached hydrogen (secondary N) is 1. The fraction of sp³-hybridized carbons (Fsp3) is 0.556. The van der Waals surface area contributed by atoms with Crippen LogP contribution in [-0.2, 0) is 16.5 Å². The number of carbonyl (C=O) groups excluding carboxylic acids is 1. The van der Waals surface area contributed by atoms with Crippen LogP contribution >= 0.6 is 11.6 Å². The van der Waals surface area contributed by atoms with E-state index < -0.39 is 29.0 Å². The first-order valence-corrected chi connectivity index (χ1v) is 9.07. The van der Waals surface area contributed by atoms with Crippen molar-refractivity contribution in [2.45, 2.75) is 50.9 Å². The second-order valence-electron chi connectivity index (χ2n) is 8.18. The van der Waals surface area contributed by atoms with Gasteiger partial charge in [0, 0.05) is 6.54 Å². The molecule has 2 aliphatic rings. The lowest BCUT2D eigenvalue weighted by Gasteiger charge is -2.30. The second-order valence-corrected chi connectivity index (χ2v) is 8.59. The molecule has 0 radical (unpaired) electrons. The molecular weight excluding hydrogens is 383 g/mol. The minimum Gasteiger partial charge on any atom is -0.444 e. The maximum atomic E-state index is 13.1. The SMILES string of the molecule is CC(C)(C)OC(=O)N1CC[C@@H]2C[C@@]21c1nc2cc(C(F)(F)F)c(Cl)cc2[nH]1. The maximum Gasteiger partial charge on any atom is 0.417 e. The molecular formula is C18H19ClF3N3O2. The van der Waals surface area contributed by atoms with E-state index in [9.17, 15) is 18.0 Å². The number of ether oxygens (including phenoxy) is 1. The first-order valence-electron chi connectivity index (χ1n) is 8.69. The number of fused-ring (bicyclic) bond motifs is 2. The molecule has 0 spiro atoms. The van der Waals surface area contributed by atoms with E-state index in [0.29, 0.717) is 24.3 Å². The molecule has 2 atom stereocenters. The van der Waals surface area contributed by atoms with Crippen molar-refractivity contribution >= 4 is 28.7 Å². The fourth-order valence-corrected chi connectivity index (χ4v) is 4.19. The zero-order chi connectivity index (χ0) is 19.8. The van der Waals surface area contributed by atoms with Crippen LogP contribution in [-0.4, -0.2) is 33.1 Å². The van der Waals surface area contributed by atoms with Gasteiger partial charge < -0.3 is 9.72 Å². The second kappa shape index (κ2) is 5.53. The Morgan fingerprint density at radius 1 is 1.37 bits per heavy atom. The van der Waals surface area contributed by atoms with Crippen LogP contribution in [0.25, 0.3) is 11.0 Å². The van der Waals surface area contributed by atoms with Crippen LogP contribution in [0.2, 0.25) is 5.02 Å². The number of H-pyrrole nitrogens is 1. The molecule has 1 saturated heterocycles. The number of halogens is 4. The molecule has 2 fully saturated rings. The van der Waals surface area contributed by atoms with Gasteiger partial charge in [0.1, 0.15) is 17.0 Å². The van der Waals surface area contributed by atoms with Crippen molar-refractivity contribution in [2.75, 3.05) is 6.54 Å². The van der Waals surface area contributed by atoms with E-state index in [1.54, 1.807) is 25.7 Å². The molecule has 2 heterocycles. The van der Waals surface area contributed by atoms with Crippen LogP contribution in [0, 0.1) is 5.92 Å². The summed E-state index contributed by atoms with van der Waals surface area (Å²) in [5, 5.41) is -0.384. The number of amides is 1. The van der Waals surface area contributed by atoms with E-state index in [1.165, 1.54) is 6.07 Å². The average molecular weight is 402 g/mol. The molecule has 9 heteroatoms. The van der Waals surface area contributed by atoms with E-state index in [2.05, 4.69) is 9.97 Å². The van der Waals surface area contributed by atoms with E-state index >= 15 is 0 Å². The summed E-state index contributed by atoms with van der Waals surface area (Å²) < 4.78 is 44.8. The predicted molar refractivity (Wildman–Crippen MR) is 93.4 cm³/mol. The predicted octanol–water partition coefficient (Wildman–Crippen LogP) is 5.09. The normalized spacial score (nSPS) is 25.0. The summed E-state index contributed by atoms with van der Waals surface area (Å²) in [5.74, 6) is 0.712. The number of likely N-dealkylation sites (tertiary alicyclic amines) is 1. The zero-order valence-electron chi connectivity index (χ0n) is 15.1. The Kier molecular flexibility index (Phi) is 3.77. The number of aromatic nitrogens is 2. The van der Waals surface area contributed by atoms with Gasteiger partial charge in [-0.05, 0) is 51.7 Å². The summed E-state index contributed by atoms with van der Waals surface area (Å²) in [4.78, 5) is 21.7. The first-order chi connectivity index (χ1) is 12.4. The molecule has 2 aromatic rings. The van der Waals surface area contributed by atoms with Gasteiger partial charge in [0.25, 0.3) is 0 Å². The Labute approximate surface area is 158 Å². The molecule has 0 bridgehead atoms. The first kappa shape index (κ1) is 18.4. The number of imidazole rings is 1. The molecule has 1 aliphatic heterocycles. The maximum absolute atomic E-state index is 13.1. The standard InChI is InChI=1S/C18H19ClF3N3O2/c1-16(2,3)27-15(26)25-5-4-9-8-17(9,25)14-23-12-6-10(18(20,21)22)11(19)7-13(12)24-14/h6-7,9H,4-5,8H2,1-3H3,(H,23,24)/t9-,17+/m1/s1. The number of rotatable bonds is 1. The smallest absolute Gasteiger partial charge is 0.417 e. The molecule has 27 heavy (non-hydrogen) atoms. The third kappa shape index (κ3) is 2.94. The molecule has 146 valence electrons. The fourth-order valence-electron chi connectivity index (χ4n) is 3.91. The number of carbonyl (C=O) groups is 1. The molecule has 1 amide bonds. The van der Waals surface area contributed by atoms with E-state index in [4.69, 9.17) is 16.3 Å². The van der Waals surface area contributed by atoms with Gasteiger partial charge in [0.05, 0.1) is 21.6 Å². The summed E-state index contributed by atoms with van der Waals surface area (Å²) in [6.45, 7) is 5.91. The third-order valence-corrected chi connectivity index (χ3v) is 5.47. The van der Waals surface area contributed by atoms with Crippen LogP contribution < -0.4 is 0 Å². The quantitative estimate of drug-likeness (QED) is 0.724. The van der Waals surface area contributed by atoms with Crippen LogP contribution in [0.3, 0.4) is 0 Å². The molecule has 1 saturated carbocycles. The molecule has 1 aromatic carbocycles. The number of hydrogen-bond acceptors (Lipinski definition) is 3. The van der Waals surface area contributed by atoms with Crippen molar-refractivity contribution in [3.05, 3.63) is 28.5 Å². The molecule has 1 aromatic heterocycles. The van der Waals surface area contributed by atoms with Crippen molar-refractivity contribution in [1.82, 2.24) is 14.9 Å². The van der Waals surface area contributed by atoms with Gasteiger partial charge in [-0.1, -0.05) is 11.6 Å². The lowest BCUT2D eigenvalue weighted by atomic mass is 10.2. The van der Waals surface area contributed by atoms with E-state index in [1.807, 2.05) is 0 Å². The van der Waals surface area contributed by atoms with Gasteiger partial charge in [-0.3, -0.25) is 4.90 Å². The number of nitrogens with zero attached hydrogens (tertiary/aromatic N) is 2. The van der Waals surface area contributed by atoms with Crippen LogP contribution in [0.1, 0.15) is 45.0 Å². The van der Waals surface area contributed by atoms with Crippen LogP contribution in [0.5, 0.6) is 0 Å². The number of piperidine rings is 1. The summed E-state index contributed by atoms with van der Waals surface area (Å²) in [5.41, 5.74) is -1.59. The van der Waals surface area contributed by atoms with Gasteiger partial charge in [-0.25, -0.2) is 9.78 Å². The van der Waals surface area contributed by atoms with Crippen molar-refractivity contribution < 1.29 is 22.7 Å². The summed E-state index contributed by atoms with van der Waals surface area (Å²) in [7, 11) is 0. The van der Waals surface area contributed by atoms with Crippen molar-refractivity contribution in [3.8, 4) is 0 Å². The number of hydrogen-bond donors (Lipinski definition) is 1. The lowest BCUT2D eigenvalue weighted by molar-refractivity contribution is -0.137. The Hall–Kier alpha value is -1.96. The topological polar surface area (TPSA) is 58.2 Å². The highest BCUT2D eigenvalue weighted by atomic mass is 35.5. The van der Waals surface area contributed by atoms with Crippen LogP contribution in [0.15, 0.2) is 12.1 Å². The zero-order valence-corrected chi connectivity index (χ0v) is 15.8. The molecule has 5 nitrogen and oxygen atoms in total. The molecule has 0 unspecified atom stereocenters. The number of benzene rings is 1. The van der Waals surface area contributed by atoms with E-state index in [0.717, 1.165) is 12.5 Å². The van der Waals surface area contributed by atoms with Gasteiger partial charge in [-0.15, -0.1) is 0 Å². The largest absolute Gasteiger partial charge is 0.444 e. The summed E-state index contributed by atoms with van der Waals surface area (Å²) >= 11 is 5.80. The lowest BCUT2D eigenvalue weighted by Crippen LogP contribution is -2.42. The van der Waals surface area contributed by atoms with Gasteiger partial charge in [0.15, 0.2) is 0 Å². The number of aromatic amines is 1. The van der Waals surface area contributed by atoms with Crippen molar-refractivity contribution in [2.24, 2.45) is 5.92 Å². The van der Waals surface area contributed by atoms with E-state index in [-0.39, 0.29) is 16.5 Å². The minimum atomic E-state index is -4.55. The van der Waals surface area contributed by atoms with Gasteiger partial charge in [0.2, 0.25) is 0 Å². The highest BCUT2D eigenvalue weighted by Crippen LogP contribution is 2.62. The molecule has 1 aliphatic carbocycles. The van der Waals surface area contributed by atoms with Gasteiger partial charge in [-0.2, -0.15) is 13.2 Å². The highest BCUT2D eigenvalue weighted by Gasteiger charge is 2.67. The number of alkyl halides is 3. The van der Waals surface area contributed by atoms with Crippen molar-refractivity contribution in [1.29, 1.82) is 0 Å². The molecule has 4 rings (SSSR count). The third-order valence-electron chi connectivity index (χ3n) is 5.16. The monoisotopic (exact) mass is 401 g/mol. The average Bonchev–Trinajstić information content (AvgIpc) is 2.91. The molecule has 1 N–H and O–H groups in total. The summed E-state index contributed by atoms with van der Waals surface area (Å²) in [6.07, 6.45) is -3.46. The highest BCUT2D eigenvalue weighted by molar-refractivity contribution is 6.32. The van der Waals surface area contributed by atoms with Gasteiger partial charge >= 0.3 is 12.3 Å². The van der Waals surface area contributed by atoms with Crippen LogP contribution in [0.4, 0.5) is 18.0 Å². The Bertz CT molecular complexity index is 934. The Morgan fingerprint density at radius 2 is 2.07 bits per heavy atom. The Morgan fingerprint density at radius 3 is 2.67 bits per heavy atom. The van der Waals surface area contributed by atoms with Crippen molar-refractivity contribution in [3.63, 3.8) is 0 Å².